The van der Waals surface area contributed by atoms with Crippen LogP contribution >= 0.6 is 11.6 Å². The van der Waals surface area contributed by atoms with Crippen molar-refractivity contribution in [2.75, 3.05) is 5.32 Å². The molecule has 1 aromatic heterocycles. The molecule has 0 radical (unpaired) electrons. The Kier molecular flexibility index (Phi) is 5.17. The number of halogens is 1. The summed E-state index contributed by atoms with van der Waals surface area (Å²) < 4.78 is 0. The second-order valence-electron chi connectivity index (χ2n) is 5.71. The number of nitrogens with one attached hydrogen (secondary N) is 1. The predicted octanol–water partition coefficient (Wildman–Crippen LogP) is 3.49. The molecule has 1 aromatic rings. The van der Waals surface area contributed by atoms with E-state index < -0.39 is 11.4 Å². The highest BCUT2D eigenvalue weighted by atomic mass is 35.5. The maximum Gasteiger partial charge on any atom is 0.303 e. The van der Waals surface area contributed by atoms with E-state index in [0.29, 0.717) is 10.7 Å². The molecular weight excluding hydrogens is 292 g/mol. The zero-order valence-corrected chi connectivity index (χ0v) is 12.5. The fraction of sp³-hybridized carbons (Fsp3) is 0.533. The Labute approximate surface area is 128 Å². The molecular formula is C15H19ClN2O3. The Balaban J connectivity index is 2.04. The fourth-order valence-electron chi connectivity index (χ4n) is 3.04. The van der Waals surface area contributed by atoms with E-state index in [1.807, 2.05) is 0 Å². The van der Waals surface area contributed by atoms with Gasteiger partial charge < -0.3 is 10.4 Å². The van der Waals surface area contributed by atoms with E-state index in [-0.39, 0.29) is 18.7 Å². The Morgan fingerprint density at radius 2 is 2.00 bits per heavy atom. The summed E-state index contributed by atoms with van der Waals surface area (Å²) in [5, 5.41) is 12.3. The van der Waals surface area contributed by atoms with Crippen molar-refractivity contribution in [2.45, 2.75) is 44.9 Å². The van der Waals surface area contributed by atoms with E-state index in [1.54, 1.807) is 12.3 Å². The normalized spacial score (nSPS) is 17.2. The lowest BCUT2D eigenvalue weighted by atomic mass is 9.69. The third kappa shape index (κ3) is 4.43. The quantitative estimate of drug-likeness (QED) is 0.872. The van der Waals surface area contributed by atoms with Gasteiger partial charge in [-0.25, -0.2) is 0 Å². The van der Waals surface area contributed by atoms with Crippen LogP contribution in [-0.2, 0) is 9.59 Å². The van der Waals surface area contributed by atoms with Gasteiger partial charge in [0.25, 0.3) is 0 Å². The van der Waals surface area contributed by atoms with E-state index in [9.17, 15) is 9.59 Å². The zero-order chi connectivity index (χ0) is 15.3. The van der Waals surface area contributed by atoms with E-state index in [2.05, 4.69) is 10.3 Å². The van der Waals surface area contributed by atoms with E-state index in [4.69, 9.17) is 16.7 Å². The molecule has 6 heteroatoms. The molecule has 114 valence electrons. The molecule has 0 unspecified atom stereocenters. The van der Waals surface area contributed by atoms with Crippen LogP contribution in [0.5, 0.6) is 0 Å². The highest BCUT2D eigenvalue weighted by molar-refractivity contribution is 6.33. The third-order valence-electron chi connectivity index (χ3n) is 4.02. The number of nitrogens with zero attached hydrogens (tertiary/aromatic N) is 1. The lowest BCUT2D eigenvalue weighted by molar-refractivity contribution is -0.140. The molecule has 1 saturated carbocycles. The minimum atomic E-state index is -0.843. The van der Waals surface area contributed by atoms with Crippen LogP contribution in [0.4, 0.5) is 5.69 Å². The smallest absolute Gasteiger partial charge is 0.303 e. The number of carbonyl (C=O) groups is 2. The largest absolute Gasteiger partial charge is 0.481 e. The van der Waals surface area contributed by atoms with Crippen LogP contribution in [0.1, 0.15) is 44.9 Å². The Morgan fingerprint density at radius 1 is 1.29 bits per heavy atom. The standard InChI is InChI=1S/C15H19ClN2O3/c16-11-4-7-17-10-12(11)18-13(19)8-15(9-14(20)21)5-2-1-3-6-15/h4,7,10H,1-3,5-6,8-9H2,(H,18,19)(H,20,21). The van der Waals surface area contributed by atoms with Crippen LogP contribution in [-0.4, -0.2) is 22.0 Å². The molecule has 0 aliphatic heterocycles. The van der Waals surface area contributed by atoms with Gasteiger partial charge in [0.1, 0.15) is 0 Å². The molecule has 0 atom stereocenters. The number of hydrogen-bond acceptors (Lipinski definition) is 3. The van der Waals surface area contributed by atoms with Gasteiger partial charge in [0.15, 0.2) is 0 Å². The SMILES string of the molecule is O=C(O)CC1(CC(=O)Nc2cnccc2Cl)CCCCC1. The number of carboxylic acids is 1. The van der Waals surface area contributed by atoms with Gasteiger partial charge in [-0.1, -0.05) is 30.9 Å². The van der Waals surface area contributed by atoms with Gasteiger partial charge in [-0.05, 0) is 24.3 Å². The third-order valence-corrected chi connectivity index (χ3v) is 4.35. The first kappa shape index (κ1) is 15.8. The van der Waals surface area contributed by atoms with Gasteiger partial charge in [0, 0.05) is 12.6 Å². The van der Waals surface area contributed by atoms with Crippen LogP contribution in [0.15, 0.2) is 18.5 Å². The maximum absolute atomic E-state index is 12.2. The Hall–Kier alpha value is -1.62. The number of anilines is 1. The molecule has 0 spiro atoms. The van der Waals surface area contributed by atoms with Crippen molar-refractivity contribution in [1.29, 1.82) is 0 Å². The average Bonchev–Trinajstić information content (AvgIpc) is 2.41. The van der Waals surface area contributed by atoms with Crippen LogP contribution in [0.3, 0.4) is 0 Å². The average molecular weight is 311 g/mol. The minimum Gasteiger partial charge on any atom is -0.481 e. The van der Waals surface area contributed by atoms with E-state index in [1.165, 1.54) is 6.20 Å². The Morgan fingerprint density at radius 3 is 2.62 bits per heavy atom. The van der Waals surface area contributed by atoms with Crippen LogP contribution in [0.2, 0.25) is 5.02 Å². The topological polar surface area (TPSA) is 79.3 Å². The van der Waals surface area contributed by atoms with Gasteiger partial charge in [0.05, 0.1) is 23.3 Å². The molecule has 1 heterocycles. The summed E-state index contributed by atoms with van der Waals surface area (Å²) in [7, 11) is 0. The molecule has 2 N–H and O–H groups in total. The first-order valence-corrected chi connectivity index (χ1v) is 7.50. The van der Waals surface area contributed by atoms with Gasteiger partial charge in [-0.15, -0.1) is 0 Å². The predicted molar refractivity (Wildman–Crippen MR) is 80.3 cm³/mol. The summed E-state index contributed by atoms with van der Waals surface area (Å²) in [6, 6.07) is 1.60. The number of aromatic nitrogens is 1. The summed E-state index contributed by atoms with van der Waals surface area (Å²) >= 11 is 5.98. The second kappa shape index (κ2) is 6.89. The van der Waals surface area contributed by atoms with E-state index >= 15 is 0 Å². The molecule has 5 nitrogen and oxygen atoms in total. The number of carbonyl (C=O) groups excluding carboxylic acids is 1. The fourth-order valence-corrected chi connectivity index (χ4v) is 3.20. The molecule has 0 saturated heterocycles. The number of rotatable bonds is 5. The van der Waals surface area contributed by atoms with Gasteiger partial charge in [0.2, 0.25) is 5.91 Å². The van der Waals surface area contributed by atoms with Crippen LogP contribution in [0.25, 0.3) is 0 Å². The first-order chi connectivity index (χ1) is 10.0. The molecule has 21 heavy (non-hydrogen) atoms. The van der Waals surface area contributed by atoms with Crippen molar-refractivity contribution in [3.8, 4) is 0 Å². The van der Waals surface area contributed by atoms with Crippen molar-refractivity contribution in [1.82, 2.24) is 4.98 Å². The summed E-state index contributed by atoms with van der Waals surface area (Å²) in [4.78, 5) is 27.3. The molecule has 1 amide bonds. The zero-order valence-electron chi connectivity index (χ0n) is 11.8. The van der Waals surface area contributed by atoms with Crippen molar-refractivity contribution in [3.05, 3.63) is 23.5 Å². The van der Waals surface area contributed by atoms with Crippen molar-refractivity contribution < 1.29 is 14.7 Å². The number of hydrogen-bond donors (Lipinski definition) is 2. The van der Waals surface area contributed by atoms with Crippen LogP contribution < -0.4 is 5.32 Å². The first-order valence-electron chi connectivity index (χ1n) is 7.12. The molecule has 0 aromatic carbocycles. The van der Waals surface area contributed by atoms with E-state index in [0.717, 1.165) is 32.1 Å². The number of aliphatic carboxylic acids is 1. The molecule has 0 bridgehead atoms. The molecule has 1 fully saturated rings. The number of pyridine rings is 1. The molecule has 1 aliphatic rings. The minimum absolute atomic E-state index is 0.0428. The van der Waals surface area contributed by atoms with Crippen molar-refractivity contribution >= 4 is 29.2 Å². The lowest BCUT2D eigenvalue weighted by Crippen LogP contribution is -2.32. The molecule has 2 rings (SSSR count). The highest BCUT2D eigenvalue weighted by Crippen LogP contribution is 2.42. The lowest BCUT2D eigenvalue weighted by Gasteiger charge is -2.35. The Bertz CT molecular complexity index is 527. The number of carboxylic acid groups (broad SMARTS) is 1. The van der Waals surface area contributed by atoms with Crippen molar-refractivity contribution in [3.63, 3.8) is 0 Å². The molecule has 1 aliphatic carbocycles. The summed E-state index contributed by atoms with van der Waals surface area (Å²) in [6.45, 7) is 0. The van der Waals surface area contributed by atoms with Gasteiger partial charge in [-0.3, -0.25) is 14.6 Å². The summed E-state index contributed by atoms with van der Waals surface area (Å²) in [6.07, 6.45) is 7.93. The maximum atomic E-state index is 12.2. The summed E-state index contributed by atoms with van der Waals surface area (Å²) in [5.41, 5.74) is 0.0357. The van der Waals surface area contributed by atoms with Crippen molar-refractivity contribution in [2.24, 2.45) is 5.41 Å². The van der Waals surface area contributed by atoms with Gasteiger partial charge >= 0.3 is 5.97 Å². The van der Waals surface area contributed by atoms with Crippen LogP contribution in [0, 0.1) is 5.41 Å². The second-order valence-corrected chi connectivity index (χ2v) is 6.12. The highest BCUT2D eigenvalue weighted by Gasteiger charge is 2.36. The monoisotopic (exact) mass is 310 g/mol. The number of amides is 1. The van der Waals surface area contributed by atoms with Gasteiger partial charge in [-0.2, -0.15) is 0 Å². The summed E-state index contributed by atoms with van der Waals surface area (Å²) in [5.74, 6) is -1.04.